The summed E-state index contributed by atoms with van der Waals surface area (Å²) in [5.41, 5.74) is 0.605. The number of carbonyl (C=O) groups excluding carboxylic acids is 2. The second-order valence-electron chi connectivity index (χ2n) is 6.86. The molecule has 144 valence electrons. The van der Waals surface area contributed by atoms with Gasteiger partial charge in [0, 0.05) is 30.0 Å². The van der Waals surface area contributed by atoms with Gasteiger partial charge in [0.1, 0.15) is 5.82 Å². The van der Waals surface area contributed by atoms with E-state index in [1.165, 1.54) is 24.4 Å². The van der Waals surface area contributed by atoms with Gasteiger partial charge in [-0.25, -0.2) is 9.37 Å². The Morgan fingerprint density at radius 3 is 2.93 bits per heavy atom. The molecule has 0 saturated heterocycles. The zero-order valence-corrected chi connectivity index (χ0v) is 15.6. The largest absolute Gasteiger partial charge is 0.353 e. The molecule has 1 aliphatic rings. The van der Waals surface area contributed by atoms with Crippen LogP contribution in [0.5, 0.6) is 0 Å². The van der Waals surface area contributed by atoms with Crippen LogP contribution >= 0.6 is 11.6 Å². The number of imidazole rings is 1. The Morgan fingerprint density at radius 2 is 2.19 bits per heavy atom. The molecule has 3 rings (SSSR count). The first kappa shape index (κ1) is 19.4. The molecule has 0 radical (unpaired) electrons. The van der Waals surface area contributed by atoms with Crippen LogP contribution in [-0.4, -0.2) is 34.4 Å². The Hall–Kier alpha value is -2.41. The van der Waals surface area contributed by atoms with Gasteiger partial charge in [-0.05, 0) is 42.9 Å². The van der Waals surface area contributed by atoms with Crippen molar-refractivity contribution in [3.05, 3.63) is 52.8 Å². The molecule has 1 aliphatic carbocycles. The topological polar surface area (TPSA) is 86.9 Å². The van der Waals surface area contributed by atoms with Crippen LogP contribution in [0.2, 0.25) is 5.02 Å². The number of benzene rings is 1. The molecule has 2 atom stereocenters. The van der Waals surface area contributed by atoms with Crippen LogP contribution in [0.1, 0.15) is 41.9 Å². The van der Waals surface area contributed by atoms with Crippen molar-refractivity contribution in [2.24, 2.45) is 5.92 Å². The minimum atomic E-state index is -0.420. The number of nitrogens with one attached hydrogen (secondary N) is 3. The summed E-state index contributed by atoms with van der Waals surface area (Å²) in [5, 5.41) is 6.17. The van der Waals surface area contributed by atoms with E-state index in [4.69, 9.17) is 11.6 Å². The number of rotatable bonds is 6. The molecular weight excluding hydrogens is 371 g/mol. The first-order valence-corrected chi connectivity index (χ1v) is 9.40. The maximum Gasteiger partial charge on any atom is 0.287 e. The molecule has 0 spiro atoms. The fourth-order valence-corrected chi connectivity index (χ4v) is 3.67. The molecule has 3 N–H and O–H groups in total. The van der Waals surface area contributed by atoms with Crippen LogP contribution in [0.25, 0.3) is 0 Å². The quantitative estimate of drug-likeness (QED) is 0.706. The number of amides is 2. The van der Waals surface area contributed by atoms with Crippen molar-refractivity contribution in [3.63, 3.8) is 0 Å². The van der Waals surface area contributed by atoms with Crippen molar-refractivity contribution in [2.45, 2.75) is 38.1 Å². The summed E-state index contributed by atoms with van der Waals surface area (Å²) in [6.45, 7) is 0.551. The van der Waals surface area contributed by atoms with Crippen molar-refractivity contribution in [1.82, 2.24) is 20.6 Å². The maximum atomic E-state index is 13.1. The van der Waals surface area contributed by atoms with E-state index in [1.54, 1.807) is 6.20 Å². The molecule has 2 aromatic rings. The van der Waals surface area contributed by atoms with Gasteiger partial charge >= 0.3 is 0 Å². The molecule has 2 amide bonds. The summed E-state index contributed by atoms with van der Waals surface area (Å²) in [6, 6.07) is 4.11. The van der Waals surface area contributed by atoms with Gasteiger partial charge in [0.15, 0.2) is 5.82 Å². The molecule has 27 heavy (non-hydrogen) atoms. The molecule has 6 nitrogen and oxygen atoms in total. The van der Waals surface area contributed by atoms with Gasteiger partial charge in [0.25, 0.3) is 5.91 Å². The van der Waals surface area contributed by atoms with Gasteiger partial charge in [0.2, 0.25) is 5.91 Å². The highest BCUT2D eigenvalue weighted by atomic mass is 35.5. The summed E-state index contributed by atoms with van der Waals surface area (Å²) in [7, 11) is 0. The molecule has 1 saturated carbocycles. The predicted molar refractivity (Wildman–Crippen MR) is 99.9 cm³/mol. The van der Waals surface area contributed by atoms with Crippen LogP contribution < -0.4 is 10.6 Å². The molecule has 1 heterocycles. The molecule has 1 fully saturated rings. The minimum absolute atomic E-state index is 0.0657. The van der Waals surface area contributed by atoms with Crippen LogP contribution in [0.15, 0.2) is 30.6 Å². The summed E-state index contributed by atoms with van der Waals surface area (Å²) in [4.78, 5) is 31.0. The number of aromatic amines is 1. The lowest BCUT2D eigenvalue weighted by Crippen LogP contribution is -2.41. The van der Waals surface area contributed by atoms with Crippen molar-refractivity contribution in [1.29, 1.82) is 0 Å². The molecule has 0 aliphatic heterocycles. The molecule has 1 aromatic heterocycles. The molecule has 8 heteroatoms. The summed E-state index contributed by atoms with van der Waals surface area (Å²) in [6.07, 6.45) is 6.98. The number of nitrogens with zero attached hydrogens (tertiary/aromatic N) is 1. The average molecular weight is 393 g/mol. The lowest BCUT2D eigenvalue weighted by molar-refractivity contribution is -0.121. The third-order valence-corrected chi connectivity index (χ3v) is 5.13. The van der Waals surface area contributed by atoms with Crippen molar-refractivity contribution in [2.75, 3.05) is 6.54 Å². The van der Waals surface area contributed by atoms with Crippen molar-refractivity contribution in [3.8, 4) is 0 Å². The normalized spacial score (nSPS) is 19.5. The van der Waals surface area contributed by atoms with Crippen molar-refractivity contribution >= 4 is 23.4 Å². The highest BCUT2D eigenvalue weighted by molar-refractivity contribution is 6.31. The summed E-state index contributed by atoms with van der Waals surface area (Å²) in [5.74, 6) is -0.175. The zero-order valence-electron chi connectivity index (χ0n) is 14.8. The van der Waals surface area contributed by atoms with Gasteiger partial charge in [-0.15, -0.1) is 0 Å². The maximum absolute atomic E-state index is 13.1. The monoisotopic (exact) mass is 392 g/mol. The number of aromatic nitrogens is 2. The molecule has 1 aromatic carbocycles. The SMILES string of the molecule is O=C(Cc1ccc(F)cc1Cl)N[C@H]1CCC[C@@H](CNC(=O)c2ncc[nH]2)C1. The first-order chi connectivity index (χ1) is 13.0. The molecule has 0 unspecified atom stereocenters. The molecular formula is C19H22ClFN4O2. The Morgan fingerprint density at radius 1 is 1.33 bits per heavy atom. The standard InChI is InChI=1S/C19H22ClFN4O2/c20-16-10-14(21)5-4-13(16)9-17(26)25-15-3-1-2-12(8-15)11-24-19(27)18-22-6-7-23-18/h4-7,10,12,15H,1-3,8-9,11H2,(H,22,23)(H,24,27)(H,25,26)/t12-,15+/m1/s1. The van der Waals surface area contributed by atoms with Crippen LogP contribution in [-0.2, 0) is 11.2 Å². The van der Waals surface area contributed by atoms with Gasteiger partial charge in [-0.1, -0.05) is 24.1 Å². The Balaban J connectivity index is 1.46. The second kappa shape index (κ2) is 8.99. The van der Waals surface area contributed by atoms with Crippen LogP contribution in [0.4, 0.5) is 4.39 Å². The zero-order chi connectivity index (χ0) is 19.2. The van der Waals surface area contributed by atoms with Crippen LogP contribution in [0, 0.1) is 11.7 Å². The third kappa shape index (κ3) is 5.53. The molecule has 0 bridgehead atoms. The van der Waals surface area contributed by atoms with E-state index in [2.05, 4.69) is 20.6 Å². The van der Waals surface area contributed by atoms with Gasteiger partial charge < -0.3 is 15.6 Å². The van der Waals surface area contributed by atoms with Crippen molar-refractivity contribution < 1.29 is 14.0 Å². The lowest BCUT2D eigenvalue weighted by atomic mass is 9.85. The lowest BCUT2D eigenvalue weighted by Gasteiger charge is -2.30. The number of carbonyl (C=O) groups is 2. The minimum Gasteiger partial charge on any atom is -0.353 e. The second-order valence-corrected chi connectivity index (χ2v) is 7.26. The average Bonchev–Trinajstić information content (AvgIpc) is 3.17. The summed E-state index contributed by atoms with van der Waals surface area (Å²) < 4.78 is 13.1. The van der Waals surface area contributed by atoms with E-state index in [0.29, 0.717) is 23.9 Å². The van der Waals surface area contributed by atoms with E-state index in [9.17, 15) is 14.0 Å². The smallest absolute Gasteiger partial charge is 0.287 e. The van der Waals surface area contributed by atoms with E-state index < -0.39 is 5.82 Å². The predicted octanol–water partition coefficient (Wildman–Crippen LogP) is 2.85. The number of hydrogen-bond acceptors (Lipinski definition) is 3. The van der Waals surface area contributed by atoms with Gasteiger partial charge in [-0.3, -0.25) is 9.59 Å². The Labute approximate surface area is 161 Å². The number of H-pyrrole nitrogens is 1. The van der Waals surface area contributed by atoms with Crippen LogP contribution in [0.3, 0.4) is 0 Å². The highest BCUT2D eigenvalue weighted by Gasteiger charge is 2.24. The van der Waals surface area contributed by atoms with E-state index in [1.807, 2.05) is 0 Å². The fraction of sp³-hybridized carbons (Fsp3) is 0.421. The van der Waals surface area contributed by atoms with Gasteiger partial charge in [-0.2, -0.15) is 0 Å². The summed E-state index contributed by atoms with van der Waals surface area (Å²) >= 11 is 5.98. The van der Waals surface area contributed by atoms with E-state index >= 15 is 0 Å². The Bertz CT molecular complexity index is 797. The van der Waals surface area contributed by atoms with E-state index in [-0.39, 0.29) is 29.3 Å². The van der Waals surface area contributed by atoms with E-state index in [0.717, 1.165) is 25.7 Å². The first-order valence-electron chi connectivity index (χ1n) is 9.02. The van der Waals surface area contributed by atoms with Gasteiger partial charge in [0.05, 0.1) is 6.42 Å². The Kier molecular flexibility index (Phi) is 6.45. The third-order valence-electron chi connectivity index (χ3n) is 4.78. The fourth-order valence-electron chi connectivity index (χ4n) is 3.43. The number of hydrogen-bond donors (Lipinski definition) is 3. The number of halogens is 2. The highest BCUT2D eigenvalue weighted by Crippen LogP contribution is 2.24.